The summed E-state index contributed by atoms with van der Waals surface area (Å²) in [4.78, 5) is 27.7. The van der Waals surface area contributed by atoms with E-state index in [-0.39, 0.29) is 23.5 Å². The number of hydrogen-bond acceptors (Lipinski definition) is 7. The lowest BCUT2D eigenvalue weighted by Gasteiger charge is -2.31. The summed E-state index contributed by atoms with van der Waals surface area (Å²) in [6, 6.07) is 13.9. The van der Waals surface area contributed by atoms with Crippen molar-refractivity contribution in [1.29, 1.82) is 0 Å². The molecule has 1 aliphatic rings. The Balaban J connectivity index is 1.48. The number of nitrogens with zero attached hydrogens (tertiary/aromatic N) is 4. The topological polar surface area (TPSA) is 77.3 Å². The third-order valence-corrected chi connectivity index (χ3v) is 6.89. The molecule has 1 unspecified atom stereocenters. The van der Waals surface area contributed by atoms with Crippen molar-refractivity contribution in [3.63, 3.8) is 0 Å². The number of piperidine rings is 1. The number of ether oxygens (including phenoxy) is 1. The first-order valence-corrected chi connectivity index (χ1v) is 12.2. The maximum absolute atomic E-state index is 12.9. The summed E-state index contributed by atoms with van der Waals surface area (Å²) >= 11 is 2.97. The number of amides is 1. The van der Waals surface area contributed by atoms with E-state index in [1.165, 1.54) is 11.8 Å². The fourth-order valence-electron chi connectivity index (χ4n) is 3.61. The van der Waals surface area contributed by atoms with Gasteiger partial charge < -0.3 is 9.64 Å². The van der Waals surface area contributed by atoms with Crippen LogP contribution in [-0.2, 0) is 14.3 Å². The van der Waals surface area contributed by atoms with Gasteiger partial charge in [-0.1, -0.05) is 36.0 Å². The number of carbonyl (C=O) groups excluding carboxylic acids is 2. The van der Waals surface area contributed by atoms with Gasteiger partial charge in [0, 0.05) is 18.8 Å². The lowest BCUT2D eigenvalue weighted by Crippen LogP contribution is -2.43. The number of esters is 1. The van der Waals surface area contributed by atoms with Gasteiger partial charge in [0.2, 0.25) is 5.91 Å². The minimum absolute atomic E-state index is 0.000663. The molecule has 3 aromatic rings. The van der Waals surface area contributed by atoms with E-state index in [2.05, 4.69) is 10.2 Å². The normalized spacial score (nSPS) is 16.3. The van der Waals surface area contributed by atoms with Crippen LogP contribution in [0.25, 0.3) is 16.4 Å². The van der Waals surface area contributed by atoms with E-state index in [0.29, 0.717) is 24.9 Å². The first-order valence-electron chi connectivity index (χ1n) is 10.3. The number of hydrogen-bond donors (Lipinski definition) is 0. The van der Waals surface area contributed by atoms with Gasteiger partial charge in [-0.25, -0.2) is 0 Å². The SMILES string of the molecule is CCOC(=O)C1CCCN(C(=O)CSc2nnc(-c3cccs3)n2-c2ccccc2)C1. The average molecular weight is 457 g/mol. The van der Waals surface area contributed by atoms with Gasteiger partial charge in [0.05, 0.1) is 23.2 Å². The molecule has 1 aliphatic heterocycles. The van der Waals surface area contributed by atoms with Crippen molar-refractivity contribution in [3.8, 4) is 16.4 Å². The van der Waals surface area contributed by atoms with Gasteiger partial charge in [0.25, 0.3) is 0 Å². The quantitative estimate of drug-likeness (QED) is 0.397. The highest BCUT2D eigenvalue weighted by molar-refractivity contribution is 7.99. The molecule has 0 aliphatic carbocycles. The lowest BCUT2D eigenvalue weighted by atomic mass is 9.98. The summed E-state index contributed by atoms with van der Waals surface area (Å²) in [5, 5.41) is 11.4. The molecule has 0 spiro atoms. The molecular formula is C22H24N4O3S2. The van der Waals surface area contributed by atoms with E-state index in [1.807, 2.05) is 52.4 Å². The van der Waals surface area contributed by atoms with Gasteiger partial charge in [0.1, 0.15) is 0 Å². The van der Waals surface area contributed by atoms with E-state index in [0.717, 1.165) is 29.2 Å². The largest absolute Gasteiger partial charge is 0.466 e. The molecule has 1 aromatic carbocycles. The molecular weight excluding hydrogens is 432 g/mol. The van der Waals surface area contributed by atoms with Crippen LogP contribution >= 0.6 is 23.1 Å². The first kappa shape index (κ1) is 21.6. The second-order valence-electron chi connectivity index (χ2n) is 7.17. The minimum Gasteiger partial charge on any atom is -0.466 e. The molecule has 0 bridgehead atoms. The van der Waals surface area contributed by atoms with Crippen molar-refractivity contribution < 1.29 is 14.3 Å². The van der Waals surface area contributed by atoms with E-state index in [1.54, 1.807) is 23.2 Å². The minimum atomic E-state index is -0.235. The van der Waals surface area contributed by atoms with Crippen LogP contribution in [0, 0.1) is 5.92 Å². The van der Waals surface area contributed by atoms with Crippen LogP contribution in [0.3, 0.4) is 0 Å². The fraction of sp³-hybridized carbons (Fsp3) is 0.364. The predicted octanol–water partition coefficient (Wildman–Crippen LogP) is 3.89. The standard InChI is InChI=1S/C22H24N4O3S2/c1-2-29-21(28)16-8-6-12-25(14-16)19(27)15-31-22-24-23-20(18-11-7-13-30-18)26(22)17-9-4-3-5-10-17/h3-5,7,9-11,13,16H,2,6,8,12,14-15H2,1H3. The second-order valence-corrected chi connectivity index (χ2v) is 9.06. The van der Waals surface area contributed by atoms with Crippen molar-refractivity contribution in [1.82, 2.24) is 19.7 Å². The molecule has 7 nitrogen and oxygen atoms in total. The Morgan fingerprint density at radius 1 is 1.19 bits per heavy atom. The van der Waals surface area contributed by atoms with Gasteiger partial charge in [-0.2, -0.15) is 0 Å². The molecule has 3 heterocycles. The summed E-state index contributed by atoms with van der Waals surface area (Å²) in [7, 11) is 0. The summed E-state index contributed by atoms with van der Waals surface area (Å²) in [5.41, 5.74) is 0.950. The maximum atomic E-state index is 12.9. The zero-order valence-corrected chi connectivity index (χ0v) is 18.9. The Morgan fingerprint density at radius 2 is 2.03 bits per heavy atom. The number of rotatable bonds is 7. The van der Waals surface area contributed by atoms with E-state index < -0.39 is 0 Å². The van der Waals surface area contributed by atoms with Crippen LogP contribution in [0.2, 0.25) is 0 Å². The first-order chi connectivity index (χ1) is 15.2. The molecule has 1 amide bonds. The summed E-state index contributed by atoms with van der Waals surface area (Å²) in [6.07, 6.45) is 1.57. The number of carbonyl (C=O) groups is 2. The number of thioether (sulfide) groups is 1. The van der Waals surface area contributed by atoms with Crippen molar-refractivity contribution in [2.75, 3.05) is 25.4 Å². The molecule has 1 saturated heterocycles. The Kier molecular flexibility index (Phi) is 7.03. The van der Waals surface area contributed by atoms with Gasteiger partial charge in [-0.3, -0.25) is 14.2 Å². The Morgan fingerprint density at radius 3 is 2.77 bits per heavy atom. The monoisotopic (exact) mass is 456 g/mol. The Hall–Kier alpha value is -2.65. The average Bonchev–Trinajstić information content (AvgIpc) is 3.48. The van der Waals surface area contributed by atoms with Crippen molar-refractivity contribution >= 4 is 35.0 Å². The molecule has 9 heteroatoms. The van der Waals surface area contributed by atoms with Gasteiger partial charge in [0.15, 0.2) is 11.0 Å². The van der Waals surface area contributed by atoms with Crippen LogP contribution in [-0.4, -0.2) is 57.0 Å². The van der Waals surface area contributed by atoms with E-state index in [9.17, 15) is 9.59 Å². The highest BCUT2D eigenvalue weighted by atomic mass is 32.2. The third kappa shape index (κ3) is 4.99. The number of thiophene rings is 1. The maximum Gasteiger partial charge on any atom is 0.310 e. The van der Waals surface area contributed by atoms with Gasteiger partial charge in [-0.05, 0) is 43.3 Å². The molecule has 1 fully saturated rings. The van der Waals surface area contributed by atoms with Crippen LogP contribution in [0.4, 0.5) is 0 Å². The van der Waals surface area contributed by atoms with E-state index >= 15 is 0 Å². The Bertz CT molecular complexity index is 1020. The summed E-state index contributed by atoms with van der Waals surface area (Å²) in [5.74, 6) is 0.555. The number of aromatic nitrogens is 3. The highest BCUT2D eigenvalue weighted by Gasteiger charge is 2.29. The van der Waals surface area contributed by atoms with Crippen LogP contribution in [0.5, 0.6) is 0 Å². The Labute approximate surface area is 189 Å². The highest BCUT2D eigenvalue weighted by Crippen LogP contribution is 2.30. The van der Waals surface area contributed by atoms with Crippen molar-refractivity contribution in [2.24, 2.45) is 5.92 Å². The molecule has 2 aromatic heterocycles. The van der Waals surface area contributed by atoms with Crippen LogP contribution in [0.15, 0.2) is 53.0 Å². The molecule has 162 valence electrons. The number of para-hydroxylation sites is 1. The number of benzene rings is 1. The van der Waals surface area contributed by atoms with Gasteiger partial charge >= 0.3 is 5.97 Å². The van der Waals surface area contributed by atoms with Crippen LogP contribution < -0.4 is 0 Å². The summed E-state index contributed by atoms with van der Waals surface area (Å²) in [6.45, 7) is 3.25. The van der Waals surface area contributed by atoms with Gasteiger partial charge in [-0.15, -0.1) is 21.5 Å². The zero-order chi connectivity index (χ0) is 21.6. The molecule has 31 heavy (non-hydrogen) atoms. The predicted molar refractivity (Wildman–Crippen MR) is 121 cm³/mol. The van der Waals surface area contributed by atoms with Crippen molar-refractivity contribution in [3.05, 3.63) is 47.8 Å². The van der Waals surface area contributed by atoms with Crippen LogP contribution in [0.1, 0.15) is 19.8 Å². The fourth-order valence-corrected chi connectivity index (χ4v) is 5.17. The molecule has 4 rings (SSSR count). The molecule has 0 saturated carbocycles. The smallest absolute Gasteiger partial charge is 0.310 e. The zero-order valence-electron chi connectivity index (χ0n) is 17.3. The molecule has 0 N–H and O–H groups in total. The second kappa shape index (κ2) is 10.1. The van der Waals surface area contributed by atoms with Crippen molar-refractivity contribution in [2.45, 2.75) is 24.9 Å². The molecule has 1 atom stereocenters. The third-order valence-electron chi connectivity index (χ3n) is 5.11. The van der Waals surface area contributed by atoms with E-state index in [4.69, 9.17) is 4.74 Å². The lowest BCUT2D eigenvalue weighted by molar-refractivity contribution is -0.151. The number of likely N-dealkylation sites (tertiary alicyclic amines) is 1. The summed E-state index contributed by atoms with van der Waals surface area (Å²) < 4.78 is 7.13. The molecule has 0 radical (unpaired) electrons.